The van der Waals surface area contributed by atoms with Gasteiger partial charge in [-0.2, -0.15) is 0 Å². The second kappa shape index (κ2) is 7.64. The first-order valence-electron chi connectivity index (χ1n) is 9.19. The quantitative estimate of drug-likeness (QED) is 0.369. The number of esters is 1. The van der Waals surface area contributed by atoms with Crippen LogP contribution in [0.3, 0.4) is 0 Å². The highest BCUT2D eigenvalue weighted by Gasteiger charge is 2.63. The van der Waals surface area contributed by atoms with Crippen LogP contribution in [-0.2, 0) is 35.0 Å². The smallest absolute Gasteiger partial charge is 0.378 e. The van der Waals surface area contributed by atoms with Crippen molar-refractivity contribution in [3.8, 4) is 0 Å². The molecule has 2 fully saturated rings. The van der Waals surface area contributed by atoms with Crippen molar-refractivity contribution in [3.63, 3.8) is 0 Å². The van der Waals surface area contributed by atoms with Gasteiger partial charge in [-0.25, -0.2) is 4.79 Å². The maximum atomic E-state index is 12.9. The summed E-state index contributed by atoms with van der Waals surface area (Å²) in [5, 5.41) is 1.58. The molecule has 4 rings (SSSR count). The van der Waals surface area contributed by atoms with Crippen molar-refractivity contribution in [2.24, 2.45) is 5.92 Å². The van der Waals surface area contributed by atoms with Crippen LogP contribution in [0.25, 0.3) is 0 Å². The summed E-state index contributed by atoms with van der Waals surface area (Å²) in [6.45, 7) is 1.19. The van der Waals surface area contributed by atoms with Gasteiger partial charge in [0.05, 0.1) is 11.3 Å². The minimum absolute atomic E-state index is 0.00598. The van der Waals surface area contributed by atoms with Gasteiger partial charge in [-0.05, 0) is 24.3 Å². The average Bonchev–Trinajstić information content (AvgIpc) is 3.27. The summed E-state index contributed by atoms with van der Waals surface area (Å²) in [5.41, 5.74) is 0.614. The van der Waals surface area contributed by atoms with E-state index in [2.05, 4.69) is 4.65 Å². The summed E-state index contributed by atoms with van der Waals surface area (Å²) >= 11 is 3.07. The maximum Gasteiger partial charge on any atom is 0.378 e. The first kappa shape index (κ1) is 20.2. The van der Waals surface area contributed by atoms with Crippen LogP contribution in [0.5, 0.6) is 0 Å². The van der Waals surface area contributed by atoms with E-state index < -0.39 is 17.9 Å². The van der Waals surface area contributed by atoms with Gasteiger partial charge in [0.2, 0.25) is 5.91 Å². The number of carbonyl (C=O) groups is 4. The molecular weight excluding hydrogens is 413 g/mol. The van der Waals surface area contributed by atoms with Gasteiger partial charge < -0.3 is 9.39 Å². The zero-order valence-electron chi connectivity index (χ0n) is 15.7. The van der Waals surface area contributed by atoms with Gasteiger partial charge in [0.25, 0.3) is 0 Å². The van der Waals surface area contributed by atoms with Crippen LogP contribution < -0.4 is 0 Å². The highest BCUT2D eigenvalue weighted by Crippen LogP contribution is 2.63. The van der Waals surface area contributed by atoms with Crippen LogP contribution in [0.2, 0.25) is 0 Å². The fourth-order valence-electron chi connectivity index (χ4n) is 3.86. The molecule has 1 saturated carbocycles. The average molecular weight is 431 g/mol. The molecular formula is C19H18BNO6S2. The monoisotopic (exact) mass is 431 g/mol. The van der Waals surface area contributed by atoms with Crippen LogP contribution in [0, 0.1) is 5.92 Å². The summed E-state index contributed by atoms with van der Waals surface area (Å²) in [6.07, 6.45) is 2.02. The number of hydrogen-bond donors (Lipinski definition) is 0. The second-order valence-corrected chi connectivity index (χ2v) is 9.86. The molecule has 10 heteroatoms. The minimum Gasteiger partial charge on any atom is -0.539 e. The highest BCUT2D eigenvalue weighted by atomic mass is 32.2. The first-order valence-corrected chi connectivity index (χ1v) is 11.0. The van der Waals surface area contributed by atoms with Gasteiger partial charge in [0.1, 0.15) is 18.1 Å². The Hall–Kier alpha value is -2.07. The first-order chi connectivity index (χ1) is 13.9. The molecule has 3 heterocycles. The summed E-state index contributed by atoms with van der Waals surface area (Å²) in [5.74, 6) is -2.11. The standard InChI is InChI=1S/C19H18BNO6S2/c1-10(22)26-9-14-15(18(25)27-20)21-16(24)13(17(21)29-19(14)4-5-19)8-11(23)7-12-3-2-6-28-12/h2-3,6,13,17H,4-5,7-9H2,1H3/t13-,17-/m1/s1. The van der Waals surface area contributed by atoms with Gasteiger partial charge in [0.15, 0.2) is 0 Å². The fourth-order valence-corrected chi connectivity index (χ4v) is 6.38. The Morgan fingerprint density at radius 3 is 2.69 bits per heavy atom. The largest absolute Gasteiger partial charge is 0.539 e. The van der Waals surface area contributed by atoms with E-state index in [0.717, 1.165) is 17.7 Å². The number of carbonyl (C=O) groups excluding carboxylic acids is 4. The van der Waals surface area contributed by atoms with E-state index in [-0.39, 0.29) is 40.5 Å². The molecule has 0 unspecified atom stereocenters. The van der Waals surface area contributed by atoms with E-state index in [1.165, 1.54) is 23.2 Å². The predicted molar refractivity (Wildman–Crippen MR) is 107 cm³/mol. The summed E-state index contributed by atoms with van der Waals surface area (Å²) in [6, 6.07) is 3.78. The fraction of sp³-hybridized carbons (Fsp3) is 0.474. The number of ketones is 1. The molecule has 2 radical (unpaired) electrons. The number of nitrogens with zero attached hydrogens (tertiary/aromatic N) is 1. The number of ether oxygens (including phenoxy) is 1. The number of fused-ring (bicyclic) bond motifs is 1. The molecule has 1 aromatic rings. The highest BCUT2D eigenvalue weighted by molar-refractivity contribution is 8.01. The van der Waals surface area contributed by atoms with Crippen molar-refractivity contribution in [3.05, 3.63) is 33.7 Å². The zero-order chi connectivity index (χ0) is 20.8. The van der Waals surface area contributed by atoms with Crippen molar-refractivity contribution < 1.29 is 28.6 Å². The topological polar surface area (TPSA) is 90.0 Å². The van der Waals surface area contributed by atoms with Crippen LogP contribution in [0.1, 0.15) is 31.1 Å². The molecule has 0 N–H and O–H groups in total. The molecule has 0 aromatic carbocycles. The van der Waals surface area contributed by atoms with E-state index >= 15 is 0 Å². The molecule has 2 atom stereocenters. The Balaban J connectivity index is 1.56. The lowest BCUT2D eigenvalue weighted by Gasteiger charge is -2.52. The van der Waals surface area contributed by atoms with Crippen molar-refractivity contribution in [1.29, 1.82) is 0 Å². The molecule has 1 aromatic heterocycles. The van der Waals surface area contributed by atoms with Crippen molar-refractivity contribution in [2.45, 2.75) is 42.7 Å². The number of hydrogen-bond acceptors (Lipinski definition) is 8. The predicted octanol–water partition coefficient (Wildman–Crippen LogP) is 1.76. The van der Waals surface area contributed by atoms with Crippen LogP contribution in [0.15, 0.2) is 28.8 Å². The van der Waals surface area contributed by atoms with Gasteiger partial charge in [-0.3, -0.25) is 19.3 Å². The number of β-lactam (4-membered cyclic amide) rings is 1. The lowest BCUT2D eigenvalue weighted by Crippen LogP contribution is -2.63. The SMILES string of the molecule is [B]OC(=O)C1=C(COC(C)=O)C2(CC2)S[C@@H]2[C@H](CC(=O)Cc3cccs3)C(=O)N12. The lowest BCUT2D eigenvalue weighted by molar-refractivity contribution is -0.153. The van der Waals surface area contributed by atoms with Crippen molar-refractivity contribution >= 4 is 54.8 Å². The molecule has 150 valence electrons. The molecule has 7 nitrogen and oxygen atoms in total. The Kier molecular flexibility index (Phi) is 5.33. The zero-order valence-corrected chi connectivity index (χ0v) is 17.3. The van der Waals surface area contributed by atoms with E-state index in [4.69, 9.17) is 12.8 Å². The molecule has 1 amide bonds. The van der Waals surface area contributed by atoms with E-state index in [1.807, 2.05) is 17.5 Å². The van der Waals surface area contributed by atoms with Crippen LogP contribution >= 0.6 is 23.1 Å². The molecule has 0 bridgehead atoms. The van der Waals surface area contributed by atoms with Gasteiger partial charge in [-0.1, -0.05) is 6.07 Å². The number of thiophene rings is 1. The third-order valence-corrected chi connectivity index (χ3v) is 8.16. The Morgan fingerprint density at radius 1 is 1.34 bits per heavy atom. The van der Waals surface area contributed by atoms with Crippen molar-refractivity contribution in [2.75, 3.05) is 6.61 Å². The maximum absolute atomic E-state index is 12.9. The number of rotatable bonds is 7. The summed E-state index contributed by atoms with van der Waals surface area (Å²) in [4.78, 5) is 51.3. The molecule has 1 spiro atoms. The van der Waals surface area contributed by atoms with E-state index in [0.29, 0.717) is 12.0 Å². The summed E-state index contributed by atoms with van der Waals surface area (Å²) in [7, 11) is 5.11. The Labute approximate surface area is 177 Å². The molecule has 1 saturated heterocycles. The second-order valence-electron chi connectivity index (χ2n) is 7.33. The Bertz CT molecular complexity index is 908. The minimum atomic E-state index is -0.833. The number of Topliss-reactive ketones (excluding diaryl/α,β-unsaturated/α-hetero) is 1. The molecule has 1 aliphatic carbocycles. The van der Waals surface area contributed by atoms with Gasteiger partial charge >= 0.3 is 20.0 Å². The normalized spacial score (nSPS) is 24.0. The van der Waals surface area contributed by atoms with E-state index in [1.54, 1.807) is 11.8 Å². The van der Waals surface area contributed by atoms with Gasteiger partial charge in [-0.15, -0.1) is 23.1 Å². The van der Waals surface area contributed by atoms with Crippen molar-refractivity contribution in [1.82, 2.24) is 4.90 Å². The van der Waals surface area contributed by atoms with Crippen LogP contribution in [0.4, 0.5) is 0 Å². The molecule has 29 heavy (non-hydrogen) atoms. The molecule has 3 aliphatic rings. The van der Waals surface area contributed by atoms with Crippen LogP contribution in [-0.4, -0.2) is 53.3 Å². The summed E-state index contributed by atoms with van der Waals surface area (Å²) < 4.78 is 9.18. The number of thioether (sulfide) groups is 1. The third-order valence-electron chi connectivity index (χ3n) is 5.40. The number of amides is 1. The third kappa shape index (κ3) is 3.63. The van der Waals surface area contributed by atoms with E-state index in [9.17, 15) is 19.2 Å². The Morgan fingerprint density at radius 2 is 2.10 bits per heavy atom. The van der Waals surface area contributed by atoms with Gasteiger partial charge in [0, 0.05) is 35.0 Å². The molecule has 2 aliphatic heterocycles. The lowest BCUT2D eigenvalue weighted by atomic mass is 9.89.